The zero-order chi connectivity index (χ0) is 13.1. The molecule has 18 heavy (non-hydrogen) atoms. The average molecular weight is 248 g/mol. The van der Waals surface area contributed by atoms with Gasteiger partial charge in [-0.2, -0.15) is 0 Å². The van der Waals surface area contributed by atoms with Gasteiger partial charge in [0.25, 0.3) is 0 Å². The zero-order valence-corrected chi connectivity index (χ0v) is 11.2. The van der Waals surface area contributed by atoms with Gasteiger partial charge in [0, 0.05) is 11.5 Å². The fourth-order valence-electron chi connectivity index (χ4n) is 2.95. The molecule has 2 rings (SSSR count). The van der Waals surface area contributed by atoms with Crippen LogP contribution in [0.1, 0.15) is 54.9 Å². The lowest BCUT2D eigenvalue weighted by Crippen LogP contribution is -2.22. The SMILES string of the molecule is CCC1CCC(C(=O)c2cc(C)cc(F)c2)CC1. The quantitative estimate of drug-likeness (QED) is 0.718. The van der Waals surface area contributed by atoms with Crippen molar-refractivity contribution in [3.8, 4) is 0 Å². The largest absolute Gasteiger partial charge is 0.294 e. The first kappa shape index (κ1) is 13.3. The fraction of sp³-hybridized carbons (Fsp3) is 0.562. The first-order valence-electron chi connectivity index (χ1n) is 6.91. The van der Waals surface area contributed by atoms with Crippen molar-refractivity contribution in [3.63, 3.8) is 0 Å². The van der Waals surface area contributed by atoms with Gasteiger partial charge in [-0.25, -0.2) is 4.39 Å². The molecule has 0 N–H and O–H groups in total. The first-order chi connectivity index (χ1) is 8.60. The van der Waals surface area contributed by atoms with Gasteiger partial charge < -0.3 is 0 Å². The molecule has 1 fully saturated rings. The maximum atomic E-state index is 13.3. The van der Waals surface area contributed by atoms with E-state index in [0.29, 0.717) is 5.56 Å². The lowest BCUT2D eigenvalue weighted by molar-refractivity contribution is 0.0870. The molecule has 1 aromatic carbocycles. The number of benzene rings is 1. The van der Waals surface area contributed by atoms with Crippen LogP contribution in [0.4, 0.5) is 4.39 Å². The van der Waals surface area contributed by atoms with Crippen molar-refractivity contribution < 1.29 is 9.18 Å². The van der Waals surface area contributed by atoms with Crippen LogP contribution in [0.15, 0.2) is 18.2 Å². The highest BCUT2D eigenvalue weighted by Crippen LogP contribution is 2.32. The summed E-state index contributed by atoms with van der Waals surface area (Å²) in [5.74, 6) is 0.713. The van der Waals surface area contributed by atoms with Crippen LogP contribution in [-0.4, -0.2) is 5.78 Å². The highest BCUT2D eigenvalue weighted by molar-refractivity contribution is 5.98. The van der Waals surface area contributed by atoms with Crippen molar-refractivity contribution >= 4 is 5.78 Å². The van der Waals surface area contributed by atoms with Crippen LogP contribution in [-0.2, 0) is 0 Å². The van der Waals surface area contributed by atoms with E-state index >= 15 is 0 Å². The van der Waals surface area contributed by atoms with Gasteiger partial charge in [-0.3, -0.25) is 4.79 Å². The van der Waals surface area contributed by atoms with Crippen molar-refractivity contribution in [1.82, 2.24) is 0 Å². The zero-order valence-electron chi connectivity index (χ0n) is 11.2. The van der Waals surface area contributed by atoms with Gasteiger partial charge in [0.05, 0.1) is 0 Å². The van der Waals surface area contributed by atoms with Gasteiger partial charge in [-0.15, -0.1) is 0 Å². The number of hydrogen-bond donors (Lipinski definition) is 0. The topological polar surface area (TPSA) is 17.1 Å². The number of aryl methyl sites for hydroxylation is 1. The van der Waals surface area contributed by atoms with E-state index in [1.807, 2.05) is 6.92 Å². The second-order valence-electron chi connectivity index (χ2n) is 5.51. The molecule has 0 radical (unpaired) electrons. The minimum absolute atomic E-state index is 0.106. The third-order valence-electron chi connectivity index (χ3n) is 4.12. The number of halogens is 1. The third-order valence-corrected chi connectivity index (χ3v) is 4.12. The fourth-order valence-corrected chi connectivity index (χ4v) is 2.95. The number of hydrogen-bond acceptors (Lipinski definition) is 1. The molecule has 0 unspecified atom stereocenters. The number of Topliss-reactive ketones (excluding diaryl/α,β-unsaturated/α-hetero) is 1. The molecule has 0 bridgehead atoms. The Balaban J connectivity index is 2.07. The van der Waals surface area contributed by atoms with E-state index in [0.717, 1.165) is 37.2 Å². The summed E-state index contributed by atoms with van der Waals surface area (Å²) >= 11 is 0. The van der Waals surface area contributed by atoms with Gasteiger partial charge in [-0.1, -0.05) is 13.3 Å². The summed E-state index contributed by atoms with van der Waals surface area (Å²) in [6.45, 7) is 4.04. The lowest BCUT2D eigenvalue weighted by atomic mass is 9.77. The number of rotatable bonds is 3. The molecule has 0 aromatic heterocycles. The molecule has 1 aliphatic carbocycles. The Morgan fingerprint density at radius 3 is 2.44 bits per heavy atom. The van der Waals surface area contributed by atoms with E-state index in [1.54, 1.807) is 6.07 Å². The van der Waals surface area contributed by atoms with E-state index in [4.69, 9.17) is 0 Å². The van der Waals surface area contributed by atoms with Crippen molar-refractivity contribution in [2.24, 2.45) is 11.8 Å². The number of ketones is 1. The second-order valence-corrected chi connectivity index (χ2v) is 5.51. The van der Waals surface area contributed by atoms with Gasteiger partial charge in [0.2, 0.25) is 0 Å². The summed E-state index contributed by atoms with van der Waals surface area (Å²) in [5.41, 5.74) is 1.37. The Morgan fingerprint density at radius 2 is 1.89 bits per heavy atom. The molecule has 2 heteroatoms. The minimum Gasteiger partial charge on any atom is -0.294 e. The first-order valence-corrected chi connectivity index (χ1v) is 6.91. The molecule has 0 saturated heterocycles. The molecule has 1 saturated carbocycles. The Morgan fingerprint density at radius 1 is 1.22 bits per heavy atom. The van der Waals surface area contributed by atoms with E-state index in [9.17, 15) is 9.18 Å². The van der Waals surface area contributed by atoms with E-state index in [-0.39, 0.29) is 17.5 Å². The highest BCUT2D eigenvalue weighted by Gasteiger charge is 2.26. The second kappa shape index (κ2) is 5.64. The predicted molar refractivity (Wildman–Crippen MR) is 71.2 cm³/mol. The molecule has 0 amide bonds. The Hall–Kier alpha value is -1.18. The number of carbonyl (C=O) groups is 1. The van der Waals surface area contributed by atoms with Crippen molar-refractivity contribution in [2.75, 3.05) is 0 Å². The molecule has 1 aliphatic rings. The molecular weight excluding hydrogens is 227 g/mol. The van der Waals surface area contributed by atoms with Crippen LogP contribution >= 0.6 is 0 Å². The van der Waals surface area contributed by atoms with Crippen LogP contribution < -0.4 is 0 Å². The smallest absolute Gasteiger partial charge is 0.166 e. The Bertz CT molecular complexity index is 410. The van der Waals surface area contributed by atoms with Crippen molar-refractivity contribution in [2.45, 2.75) is 46.0 Å². The van der Waals surface area contributed by atoms with Gasteiger partial charge in [-0.05, 0) is 62.3 Å². The molecule has 0 heterocycles. The van der Waals surface area contributed by atoms with Crippen LogP contribution in [0, 0.1) is 24.6 Å². The minimum atomic E-state index is -0.305. The molecule has 98 valence electrons. The summed E-state index contributed by atoms with van der Waals surface area (Å²) in [5, 5.41) is 0. The molecule has 0 spiro atoms. The van der Waals surface area contributed by atoms with Crippen molar-refractivity contribution in [3.05, 3.63) is 35.1 Å². The lowest BCUT2D eigenvalue weighted by Gasteiger charge is -2.26. The predicted octanol–water partition coefficient (Wildman–Crippen LogP) is 4.53. The molecule has 1 aromatic rings. The Kier molecular flexibility index (Phi) is 4.15. The Labute approximate surface area is 108 Å². The monoisotopic (exact) mass is 248 g/mol. The standard InChI is InChI=1S/C16H21FO/c1-3-12-4-6-13(7-5-12)16(18)14-8-11(2)9-15(17)10-14/h8-10,12-13H,3-7H2,1-2H3. The summed E-state index contributed by atoms with van der Waals surface area (Å²) in [6.07, 6.45) is 5.42. The maximum Gasteiger partial charge on any atom is 0.166 e. The van der Waals surface area contributed by atoms with Crippen molar-refractivity contribution in [1.29, 1.82) is 0 Å². The summed E-state index contributed by atoms with van der Waals surface area (Å²) in [6, 6.07) is 4.64. The summed E-state index contributed by atoms with van der Waals surface area (Å²) in [4.78, 5) is 12.3. The van der Waals surface area contributed by atoms with E-state index in [2.05, 4.69) is 6.92 Å². The van der Waals surface area contributed by atoms with E-state index < -0.39 is 0 Å². The van der Waals surface area contributed by atoms with Crippen LogP contribution in [0.25, 0.3) is 0 Å². The number of carbonyl (C=O) groups excluding carboxylic acids is 1. The molecular formula is C16H21FO. The summed E-state index contributed by atoms with van der Waals surface area (Å²) in [7, 11) is 0. The maximum absolute atomic E-state index is 13.3. The molecule has 0 aliphatic heterocycles. The third kappa shape index (κ3) is 2.98. The van der Waals surface area contributed by atoms with Gasteiger partial charge in [0.1, 0.15) is 5.82 Å². The van der Waals surface area contributed by atoms with Gasteiger partial charge >= 0.3 is 0 Å². The normalized spacial score (nSPS) is 23.9. The molecule has 0 atom stereocenters. The summed E-state index contributed by atoms with van der Waals surface area (Å²) < 4.78 is 13.3. The van der Waals surface area contributed by atoms with E-state index in [1.165, 1.54) is 18.6 Å². The average Bonchev–Trinajstić information content (AvgIpc) is 2.37. The molecule has 1 nitrogen and oxygen atoms in total. The highest BCUT2D eigenvalue weighted by atomic mass is 19.1. The van der Waals surface area contributed by atoms with Crippen LogP contribution in [0.2, 0.25) is 0 Å². The van der Waals surface area contributed by atoms with Crippen LogP contribution in [0.3, 0.4) is 0 Å². The van der Waals surface area contributed by atoms with Crippen LogP contribution in [0.5, 0.6) is 0 Å². The van der Waals surface area contributed by atoms with Gasteiger partial charge in [0.15, 0.2) is 5.78 Å².